The van der Waals surface area contributed by atoms with Crippen molar-refractivity contribution in [3.8, 4) is 11.1 Å². The van der Waals surface area contributed by atoms with Gasteiger partial charge in [0.2, 0.25) is 0 Å². The van der Waals surface area contributed by atoms with Gasteiger partial charge < -0.3 is 9.32 Å². The first-order valence-electron chi connectivity index (χ1n) is 14.5. The number of fused-ring (bicyclic) bond motifs is 7. The van der Waals surface area contributed by atoms with E-state index in [9.17, 15) is 0 Å². The predicted octanol–water partition coefficient (Wildman–Crippen LogP) is 12.2. The van der Waals surface area contributed by atoms with Gasteiger partial charge >= 0.3 is 0 Å². The molecule has 9 aromatic rings. The third-order valence-corrected chi connectivity index (χ3v) is 9.58. The Morgan fingerprint density at radius 2 is 1.05 bits per heavy atom. The normalized spacial score (nSPS) is 11.7. The number of thiophene rings is 1. The Kier molecular flexibility index (Phi) is 5.40. The summed E-state index contributed by atoms with van der Waals surface area (Å²) in [7, 11) is 0. The first-order chi connectivity index (χ1) is 21.3. The van der Waals surface area contributed by atoms with E-state index < -0.39 is 0 Å². The van der Waals surface area contributed by atoms with Crippen LogP contribution in [0.15, 0.2) is 156 Å². The predicted molar refractivity (Wildman–Crippen MR) is 184 cm³/mol. The molecule has 0 amide bonds. The number of rotatable bonds is 4. The third-order valence-electron chi connectivity index (χ3n) is 8.43. The van der Waals surface area contributed by atoms with E-state index in [0.717, 1.165) is 39.0 Å². The van der Waals surface area contributed by atoms with E-state index in [1.54, 1.807) is 0 Å². The lowest BCUT2D eigenvalue weighted by molar-refractivity contribution is 0.669. The summed E-state index contributed by atoms with van der Waals surface area (Å²) in [5.74, 6) is 0. The van der Waals surface area contributed by atoms with Crippen molar-refractivity contribution in [2.45, 2.75) is 0 Å². The molecule has 0 aliphatic heterocycles. The van der Waals surface area contributed by atoms with Crippen molar-refractivity contribution in [3.63, 3.8) is 0 Å². The Hall–Kier alpha value is -5.38. The van der Waals surface area contributed by atoms with Crippen molar-refractivity contribution in [1.82, 2.24) is 0 Å². The van der Waals surface area contributed by atoms with Crippen molar-refractivity contribution in [2.75, 3.05) is 4.90 Å². The van der Waals surface area contributed by atoms with E-state index in [-0.39, 0.29) is 0 Å². The molecule has 0 aliphatic rings. The molecule has 2 aromatic heterocycles. The van der Waals surface area contributed by atoms with Crippen LogP contribution in [-0.2, 0) is 0 Å². The van der Waals surface area contributed by atoms with Crippen LogP contribution < -0.4 is 4.90 Å². The van der Waals surface area contributed by atoms with Crippen molar-refractivity contribution in [2.24, 2.45) is 0 Å². The lowest BCUT2D eigenvalue weighted by Gasteiger charge is -2.25. The van der Waals surface area contributed by atoms with E-state index in [0.29, 0.717) is 0 Å². The Labute approximate surface area is 252 Å². The maximum Gasteiger partial charge on any atom is 0.136 e. The number of nitrogens with zero attached hydrogens (tertiary/aromatic N) is 1. The van der Waals surface area contributed by atoms with E-state index in [1.165, 1.54) is 42.1 Å². The summed E-state index contributed by atoms with van der Waals surface area (Å²) >= 11 is 1.85. The maximum absolute atomic E-state index is 6.25. The highest BCUT2D eigenvalue weighted by atomic mass is 32.1. The minimum absolute atomic E-state index is 0.914. The molecule has 0 saturated carbocycles. The van der Waals surface area contributed by atoms with E-state index >= 15 is 0 Å². The molecule has 0 N–H and O–H groups in total. The molecule has 3 heteroatoms. The zero-order valence-electron chi connectivity index (χ0n) is 23.2. The van der Waals surface area contributed by atoms with Gasteiger partial charge in [0.1, 0.15) is 11.2 Å². The summed E-state index contributed by atoms with van der Waals surface area (Å²) < 4.78 is 8.87. The highest BCUT2D eigenvalue weighted by molar-refractivity contribution is 7.25. The molecule has 202 valence electrons. The SMILES string of the molecule is c1ccc(N(c2ccc(-c3ccc4oc5cc6ccccc6cc5c4c3)cc2)c2ccc3sc4ccccc4c3c2)cc1. The lowest BCUT2D eigenvalue weighted by Crippen LogP contribution is -2.09. The van der Waals surface area contributed by atoms with Gasteiger partial charge in [-0.15, -0.1) is 11.3 Å². The van der Waals surface area contributed by atoms with Crippen LogP contribution in [0.1, 0.15) is 0 Å². The summed E-state index contributed by atoms with van der Waals surface area (Å²) in [5.41, 5.74) is 7.59. The van der Waals surface area contributed by atoms with Gasteiger partial charge in [-0.2, -0.15) is 0 Å². The molecule has 2 heterocycles. The largest absolute Gasteiger partial charge is 0.456 e. The van der Waals surface area contributed by atoms with Crippen LogP contribution in [0.2, 0.25) is 0 Å². The third kappa shape index (κ3) is 4.01. The molecule has 0 aliphatic carbocycles. The standard InChI is InChI=1S/C40H25NOS/c1-2-10-30(11-3-1)41(32-19-21-40-36(25-32)33-12-6-7-13-39(33)43-40)31-17-14-26(15-18-31)29-16-20-37-34(23-29)35-22-27-8-4-5-9-28(27)24-38(35)42-37/h1-25H. The van der Waals surface area contributed by atoms with E-state index in [1.807, 2.05) is 11.3 Å². The molecule has 0 saturated heterocycles. The fraction of sp³-hybridized carbons (Fsp3) is 0. The topological polar surface area (TPSA) is 16.4 Å². The fourth-order valence-corrected chi connectivity index (χ4v) is 7.41. The molecule has 2 nitrogen and oxygen atoms in total. The molecule has 0 spiro atoms. The zero-order valence-corrected chi connectivity index (χ0v) is 24.0. The average molecular weight is 568 g/mol. The van der Waals surface area contributed by atoms with Gasteiger partial charge in [0.05, 0.1) is 0 Å². The van der Waals surface area contributed by atoms with Gasteiger partial charge in [-0.25, -0.2) is 0 Å². The van der Waals surface area contributed by atoms with Crippen LogP contribution in [0.5, 0.6) is 0 Å². The van der Waals surface area contributed by atoms with Gasteiger partial charge in [0.25, 0.3) is 0 Å². The molecule has 0 unspecified atom stereocenters. The first-order valence-corrected chi connectivity index (χ1v) is 15.3. The first kappa shape index (κ1) is 24.2. The number of furan rings is 1. The van der Waals surface area contributed by atoms with E-state index in [2.05, 4.69) is 157 Å². The molecule has 0 bridgehead atoms. The molecule has 0 atom stereocenters. The Morgan fingerprint density at radius 1 is 0.395 bits per heavy atom. The quantitative estimate of drug-likeness (QED) is 0.210. The highest BCUT2D eigenvalue weighted by Gasteiger charge is 2.15. The fourth-order valence-electron chi connectivity index (χ4n) is 6.32. The van der Waals surface area contributed by atoms with Crippen molar-refractivity contribution >= 4 is 81.3 Å². The van der Waals surface area contributed by atoms with Gasteiger partial charge in [-0.3, -0.25) is 0 Å². The molecule has 0 radical (unpaired) electrons. The van der Waals surface area contributed by atoms with E-state index in [4.69, 9.17) is 4.42 Å². The molecule has 7 aromatic carbocycles. The van der Waals surface area contributed by atoms with Crippen molar-refractivity contribution < 1.29 is 4.42 Å². The second kappa shape index (κ2) is 9.59. The van der Waals surface area contributed by atoms with Gasteiger partial charge in [0.15, 0.2) is 0 Å². The van der Waals surface area contributed by atoms with Crippen molar-refractivity contribution in [3.05, 3.63) is 152 Å². The van der Waals surface area contributed by atoms with Crippen LogP contribution in [0.4, 0.5) is 17.1 Å². The molecule has 9 rings (SSSR count). The summed E-state index contributed by atoms with van der Waals surface area (Å²) in [4.78, 5) is 2.34. The summed E-state index contributed by atoms with van der Waals surface area (Å²) in [6.45, 7) is 0. The number of para-hydroxylation sites is 1. The Morgan fingerprint density at radius 3 is 1.91 bits per heavy atom. The Bertz CT molecular complexity index is 2450. The molecule has 0 fully saturated rings. The number of hydrogen-bond donors (Lipinski definition) is 0. The average Bonchev–Trinajstić information content (AvgIpc) is 3.62. The minimum Gasteiger partial charge on any atom is -0.456 e. The monoisotopic (exact) mass is 567 g/mol. The van der Waals surface area contributed by atoms with Gasteiger partial charge in [-0.05, 0) is 94.7 Å². The highest BCUT2D eigenvalue weighted by Crippen LogP contribution is 2.41. The Balaban J connectivity index is 1.14. The number of anilines is 3. The zero-order chi connectivity index (χ0) is 28.3. The van der Waals surface area contributed by atoms with Gasteiger partial charge in [-0.1, -0.05) is 78.9 Å². The van der Waals surface area contributed by atoms with Crippen LogP contribution >= 0.6 is 11.3 Å². The second-order valence-corrected chi connectivity index (χ2v) is 12.1. The van der Waals surface area contributed by atoms with Crippen molar-refractivity contribution in [1.29, 1.82) is 0 Å². The number of benzene rings is 7. The smallest absolute Gasteiger partial charge is 0.136 e. The van der Waals surface area contributed by atoms with Crippen LogP contribution in [0.25, 0.3) is 64.0 Å². The lowest BCUT2D eigenvalue weighted by atomic mass is 10.0. The summed E-state index contributed by atoms with van der Waals surface area (Å²) in [6, 6.07) is 54.4. The number of hydrogen-bond acceptors (Lipinski definition) is 3. The second-order valence-electron chi connectivity index (χ2n) is 11.0. The summed E-state index contributed by atoms with van der Waals surface area (Å²) in [6.07, 6.45) is 0. The van der Waals surface area contributed by atoms with Gasteiger partial charge in [0, 0.05) is 48.0 Å². The summed E-state index contributed by atoms with van der Waals surface area (Å²) in [5, 5.41) is 7.32. The molecular weight excluding hydrogens is 543 g/mol. The van der Waals surface area contributed by atoms with Crippen LogP contribution in [0.3, 0.4) is 0 Å². The molecule has 43 heavy (non-hydrogen) atoms. The maximum atomic E-state index is 6.25. The van der Waals surface area contributed by atoms with Crippen LogP contribution in [-0.4, -0.2) is 0 Å². The van der Waals surface area contributed by atoms with Crippen LogP contribution in [0, 0.1) is 0 Å². The molecular formula is C40H25NOS. The minimum atomic E-state index is 0.914.